The predicted molar refractivity (Wildman–Crippen MR) is 97.6 cm³/mol. The molecule has 5 rings (SSSR count). The molecule has 0 radical (unpaired) electrons. The highest BCUT2D eigenvalue weighted by Gasteiger charge is 2.21. The second-order valence-corrected chi connectivity index (χ2v) is 6.52. The van der Waals surface area contributed by atoms with E-state index in [4.69, 9.17) is 13.9 Å². The molecule has 1 aromatic carbocycles. The van der Waals surface area contributed by atoms with Gasteiger partial charge in [-0.05, 0) is 30.3 Å². The van der Waals surface area contributed by atoms with Gasteiger partial charge in [0.15, 0.2) is 11.5 Å². The SMILES string of the molecule is c1ccc(N2CCN(Cc3nnc(-c4ccc5c(c4)OCO5)o3)CC2)nc1. The lowest BCUT2D eigenvalue weighted by Crippen LogP contribution is -2.46. The second kappa shape index (κ2) is 6.88. The van der Waals surface area contributed by atoms with Crippen LogP contribution in [-0.4, -0.2) is 53.1 Å². The van der Waals surface area contributed by atoms with Crippen LogP contribution in [0.4, 0.5) is 5.82 Å². The van der Waals surface area contributed by atoms with Gasteiger partial charge in [-0.15, -0.1) is 10.2 Å². The van der Waals surface area contributed by atoms with E-state index in [1.54, 1.807) is 0 Å². The summed E-state index contributed by atoms with van der Waals surface area (Å²) in [5, 5.41) is 8.38. The lowest BCUT2D eigenvalue weighted by Gasteiger charge is -2.34. The smallest absolute Gasteiger partial charge is 0.247 e. The van der Waals surface area contributed by atoms with Gasteiger partial charge in [0.2, 0.25) is 18.6 Å². The standard InChI is InChI=1S/C19H19N5O3/c1-2-6-20-17(3-1)24-9-7-23(8-10-24)12-18-21-22-19(27-18)14-4-5-15-16(11-14)26-13-25-15/h1-6,11H,7-10,12-13H2. The van der Waals surface area contributed by atoms with Crippen molar-refractivity contribution < 1.29 is 13.9 Å². The lowest BCUT2D eigenvalue weighted by atomic mass is 10.2. The first kappa shape index (κ1) is 16.1. The molecule has 0 bridgehead atoms. The number of pyridine rings is 1. The fraction of sp³-hybridized carbons (Fsp3) is 0.316. The highest BCUT2D eigenvalue weighted by atomic mass is 16.7. The van der Waals surface area contributed by atoms with E-state index < -0.39 is 0 Å². The Hall–Kier alpha value is -3.13. The Labute approximate surface area is 156 Å². The predicted octanol–water partition coefficient (Wildman–Crippen LogP) is 2.18. The van der Waals surface area contributed by atoms with Gasteiger partial charge in [0.25, 0.3) is 0 Å². The van der Waals surface area contributed by atoms with Gasteiger partial charge in [0, 0.05) is 37.9 Å². The van der Waals surface area contributed by atoms with Gasteiger partial charge in [0.1, 0.15) is 5.82 Å². The van der Waals surface area contributed by atoms with Gasteiger partial charge in [-0.1, -0.05) is 6.07 Å². The molecule has 3 aromatic rings. The van der Waals surface area contributed by atoms with Crippen LogP contribution in [0.3, 0.4) is 0 Å². The first-order chi connectivity index (χ1) is 13.3. The number of hydrogen-bond acceptors (Lipinski definition) is 8. The summed E-state index contributed by atoms with van der Waals surface area (Å²) in [6.07, 6.45) is 1.83. The molecule has 8 heteroatoms. The molecular weight excluding hydrogens is 346 g/mol. The van der Waals surface area contributed by atoms with E-state index in [-0.39, 0.29) is 6.79 Å². The molecule has 27 heavy (non-hydrogen) atoms. The number of fused-ring (bicyclic) bond motifs is 1. The van der Waals surface area contributed by atoms with Crippen molar-refractivity contribution in [3.63, 3.8) is 0 Å². The van der Waals surface area contributed by atoms with Crippen molar-refractivity contribution in [1.29, 1.82) is 0 Å². The van der Waals surface area contributed by atoms with Crippen molar-refractivity contribution in [3.05, 3.63) is 48.5 Å². The molecule has 0 aliphatic carbocycles. The van der Waals surface area contributed by atoms with Crippen LogP contribution in [-0.2, 0) is 6.54 Å². The van der Waals surface area contributed by atoms with Crippen molar-refractivity contribution in [2.75, 3.05) is 37.9 Å². The maximum Gasteiger partial charge on any atom is 0.247 e. The van der Waals surface area contributed by atoms with E-state index in [2.05, 4.69) is 25.0 Å². The van der Waals surface area contributed by atoms with E-state index in [0.717, 1.165) is 43.3 Å². The zero-order valence-corrected chi connectivity index (χ0v) is 14.7. The van der Waals surface area contributed by atoms with Crippen LogP contribution < -0.4 is 14.4 Å². The number of ether oxygens (including phenoxy) is 2. The van der Waals surface area contributed by atoms with Crippen LogP contribution in [0.2, 0.25) is 0 Å². The quantitative estimate of drug-likeness (QED) is 0.696. The fourth-order valence-corrected chi connectivity index (χ4v) is 3.33. The molecule has 8 nitrogen and oxygen atoms in total. The number of benzene rings is 1. The molecule has 138 valence electrons. The third-order valence-corrected chi connectivity index (χ3v) is 4.79. The van der Waals surface area contributed by atoms with Crippen molar-refractivity contribution in [3.8, 4) is 23.0 Å². The van der Waals surface area contributed by atoms with Crippen molar-refractivity contribution >= 4 is 5.82 Å². The number of aromatic nitrogens is 3. The lowest BCUT2D eigenvalue weighted by molar-refractivity contribution is 0.174. The molecule has 4 heterocycles. The van der Waals surface area contributed by atoms with E-state index in [0.29, 0.717) is 24.1 Å². The maximum absolute atomic E-state index is 5.86. The number of hydrogen-bond donors (Lipinski definition) is 0. The van der Waals surface area contributed by atoms with E-state index in [1.165, 1.54) is 0 Å². The molecule has 2 aromatic heterocycles. The van der Waals surface area contributed by atoms with Crippen LogP contribution >= 0.6 is 0 Å². The van der Waals surface area contributed by atoms with Crippen LogP contribution in [0.5, 0.6) is 11.5 Å². The number of anilines is 1. The normalized spacial score (nSPS) is 16.7. The molecule has 2 aliphatic heterocycles. The van der Waals surface area contributed by atoms with E-state index in [9.17, 15) is 0 Å². The Kier molecular flexibility index (Phi) is 4.10. The Balaban J connectivity index is 1.22. The van der Waals surface area contributed by atoms with Crippen LogP contribution in [0.1, 0.15) is 5.89 Å². The third-order valence-electron chi connectivity index (χ3n) is 4.79. The van der Waals surface area contributed by atoms with E-state index in [1.807, 2.05) is 42.6 Å². The molecule has 1 saturated heterocycles. The summed E-state index contributed by atoms with van der Waals surface area (Å²) in [5.74, 6) is 3.59. The van der Waals surface area contributed by atoms with Gasteiger partial charge in [0.05, 0.1) is 6.54 Å². The topological polar surface area (TPSA) is 76.8 Å². The average molecular weight is 365 g/mol. The minimum absolute atomic E-state index is 0.248. The monoisotopic (exact) mass is 365 g/mol. The summed E-state index contributed by atoms with van der Waals surface area (Å²) in [6.45, 7) is 4.61. The summed E-state index contributed by atoms with van der Waals surface area (Å²) < 4.78 is 16.6. The summed E-state index contributed by atoms with van der Waals surface area (Å²) >= 11 is 0. The molecule has 0 atom stereocenters. The minimum atomic E-state index is 0.248. The largest absolute Gasteiger partial charge is 0.454 e. The summed E-state index contributed by atoms with van der Waals surface area (Å²) in [4.78, 5) is 9.03. The Bertz CT molecular complexity index is 922. The van der Waals surface area contributed by atoms with E-state index >= 15 is 0 Å². The zero-order valence-electron chi connectivity index (χ0n) is 14.7. The molecule has 2 aliphatic rings. The van der Waals surface area contributed by atoms with Gasteiger partial charge >= 0.3 is 0 Å². The molecule has 1 fully saturated rings. The molecule has 0 spiro atoms. The Morgan fingerprint density at radius 3 is 2.67 bits per heavy atom. The molecular formula is C19H19N5O3. The first-order valence-corrected chi connectivity index (χ1v) is 8.96. The van der Waals surface area contributed by atoms with Crippen LogP contribution in [0.25, 0.3) is 11.5 Å². The van der Waals surface area contributed by atoms with Gasteiger partial charge in [-0.2, -0.15) is 0 Å². The average Bonchev–Trinajstić information content (AvgIpc) is 3.38. The highest BCUT2D eigenvalue weighted by Crippen LogP contribution is 2.35. The molecule has 0 amide bonds. The summed E-state index contributed by atoms with van der Waals surface area (Å²) in [7, 11) is 0. The van der Waals surface area contributed by atoms with Gasteiger partial charge < -0.3 is 18.8 Å². The Morgan fingerprint density at radius 2 is 1.81 bits per heavy atom. The number of piperazine rings is 1. The third kappa shape index (κ3) is 3.31. The molecule has 0 N–H and O–H groups in total. The first-order valence-electron chi connectivity index (χ1n) is 8.96. The summed E-state index contributed by atoms with van der Waals surface area (Å²) in [5.41, 5.74) is 0.831. The molecule has 0 saturated carbocycles. The van der Waals surface area contributed by atoms with Crippen molar-refractivity contribution in [2.24, 2.45) is 0 Å². The Morgan fingerprint density at radius 1 is 0.926 bits per heavy atom. The zero-order chi connectivity index (χ0) is 18.1. The second-order valence-electron chi connectivity index (χ2n) is 6.52. The van der Waals surface area contributed by atoms with Crippen LogP contribution in [0.15, 0.2) is 47.0 Å². The van der Waals surface area contributed by atoms with Crippen molar-refractivity contribution in [1.82, 2.24) is 20.1 Å². The summed E-state index contributed by atoms with van der Waals surface area (Å²) in [6, 6.07) is 11.6. The highest BCUT2D eigenvalue weighted by molar-refractivity contribution is 5.60. The fourth-order valence-electron chi connectivity index (χ4n) is 3.33. The van der Waals surface area contributed by atoms with Crippen molar-refractivity contribution in [2.45, 2.75) is 6.54 Å². The van der Waals surface area contributed by atoms with Crippen LogP contribution in [0, 0.1) is 0 Å². The van der Waals surface area contributed by atoms with Gasteiger partial charge in [-0.3, -0.25) is 4.90 Å². The number of nitrogens with zero attached hydrogens (tertiary/aromatic N) is 5. The van der Waals surface area contributed by atoms with Gasteiger partial charge in [-0.25, -0.2) is 4.98 Å². The minimum Gasteiger partial charge on any atom is -0.454 e. The molecule has 0 unspecified atom stereocenters. The maximum atomic E-state index is 5.86. The number of rotatable bonds is 4.